The van der Waals surface area contributed by atoms with Crippen molar-refractivity contribution in [2.75, 3.05) is 25.1 Å². The van der Waals surface area contributed by atoms with E-state index in [-0.39, 0.29) is 78.9 Å². The quantitative estimate of drug-likeness (QED) is 0.0627. The minimum Gasteiger partial charge on any atom is -0.507 e. The van der Waals surface area contributed by atoms with Crippen LogP contribution in [0.5, 0.6) is 17.2 Å². The lowest BCUT2D eigenvalue weighted by Crippen LogP contribution is -2.38. The molecule has 0 radical (unpaired) electrons. The first kappa shape index (κ1) is 42.8. The number of ketones is 2. The van der Waals surface area contributed by atoms with E-state index >= 15 is 4.79 Å². The number of hydrogen-bond donors (Lipinski definition) is 7. The number of fused-ring (bicyclic) bond motifs is 8. The maximum atomic E-state index is 15.5. The Morgan fingerprint density at radius 2 is 1.62 bits per heavy atom. The fraction of sp³-hybridized carbons (Fsp3) is 0.382. The van der Waals surface area contributed by atoms with Gasteiger partial charge in [0.1, 0.15) is 17.4 Å². The van der Waals surface area contributed by atoms with Gasteiger partial charge in [0, 0.05) is 84.4 Å². The van der Waals surface area contributed by atoms with E-state index in [0.717, 1.165) is 100 Å². The third kappa shape index (κ3) is 8.50. The summed E-state index contributed by atoms with van der Waals surface area (Å²) in [5.74, 6) is -0.979. The summed E-state index contributed by atoms with van der Waals surface area (Å²) in [4.78, 5) is 37.0. The molecule has 0 spiro atoms. The second-order valence-corrected chi connectivity index (χ2v) is 18.9. The third-order valence-corrected chi connectivity index (χ3v) is 14.9. The van der Waals surface area contributed by atoms with Crippen LogP contribution in [0.4, 0.5) is 5.82 Å². The van der Waals surface area contributed by atoms with Gasteiger partial charge in [-0.05, 0) is 133 Å². The molecule has 6 atom stereocenters. The second-order valence-electron chi connectivity index (χ2n) is 18.9. The van der Waals surface area contributed by atoms with Crippen molar-refractivity contribution in [3.63, 3.8) is 0 Å². The van der Waals surface area contributed by atoms with E-state index in [2.05, 4.69) is 76.0 Å². The molecular weight excluding hydrogens is 815 g/mol. The van der Waals surface area contributed by atoms with Crippen LogP contribution in [0.25, 0.3) is 12.2 Å². The number of aliphatic hydroxyl groups is 2. The Morgan fingerprint density at radius 1 is 0.769 bits per heavy atom. The van der Waals surface area contributed by atoms with Crippen LogP contribution < -0.4 is 10.1 Å². The Hall–Kier alpha value is -6.10. The highest BCUT2D eigenvalue weighted by atomic mass is 16.5. The van der Waals surface area contributed by atoms with E-state index in [1.54, 1.807) is 6.07 Å². The van der Waals surface area contributed by atoms with Crippen LogP contribution in [0.3, 0.4) is 0 Å². The molecule has 3 heterocycles. The van der Waals surface area contributed by atoms with Crippen molar-refractivity contribution in [3.8, 4) is 17.2 Å². The molecule has 6 unspecified atom stereocenters. The molecule has 4 bridgehead atoms. The fourth-order valence-electron chi connectivity index (χ4n) is 11.5. The van der Waals surface area contributed by atoms with E-state index < -0.39 is 11.8 Å². The van der Waals surface area contributed by atoms with E-state index in [1.807, 2.05) is 36.7 Å². The molecule has 1 saturated carbocycles. The Labute approximate surface area is 380 Å². The molecule has 10 heteroatoms. The van der Waals surface area contributed by atoms with Crippen molar-refractivity contribution < 1.29 is 34.8 Å². The molecule has 1 aliphatic heterocycles. The number of carbonyl (C=O) groups is 2. The summed E-state index contributed by atoms with van der Waals surface area (Å²) in [5, 5.41) is 47.2. The van der Waals surface area contributed by atoms with E-state index in [0.29, 0.717) is 37.1 Å². The molecule has 5 aliphatic rings. The van der Waals surface area contributed by atoms with Gasteiger partial charge in [0.05, 0.1) is 18.6 Å². The molecular formula is C55H59N3O7. The first-order valence-electron chi connectivity index (χ1n) is 23.6. The van der Waals surface area contributed by atoms with Crippen molar-refractivity contribution >= 4 is 29.5 Å². The lowest BCUT2D eigenvalue weighted by Gasteiger charge is -2.36. The van der Waals surface area contributed by atoms with Gasteiger partial charge in [-0.2, -0.15) is 0 Å². The zero-order chi connectivity index (χ0) is 44.6. The number of nitrogens with one attached hydrogen (secondary N) is 3. The van der Waals surface area contributed by atoms with Crippen LogP contribution >= 0.6 is 0 Å². The van der Waals surface area contributed by atoms with Gasteiger partial charge in [0.25, 0.3) is 0 Å². The molecule has 65 heavy (non-hydrogen) atoms. The predicted octanol–water partition coefficient (Wildman–Crippen LogP) is 9.40. The number of carbonyl (C=O) groups excluding carboxylic acids is 2. The average molecular weight is 874 g/mol. The van der Waals surface area contributed by atoms with Crippen LogP contribution in [0.2, 0.25) is 0 Å². The number of Topliss-reactive ketones (excluding diaryl/α,β-unsaturated/α-hetero) is 2. The van der Waals surface area contributed by atoms with Gasteiger partial charge in [-0.3, -0.25) is 9.59 Å². The molecule has 10 nitrogen and oxygen atoms in total. The maximum absolute atomic E-state index is 15.5. The molecule has 5 aromatic rings. The summed E-state index contributed by atoms with van der Waals surface area (Å²) in [6.07, 6.45) is 21.5. The summed E-state index contributed by atoms with van der Waals surface area (Å²) in [7, 11) is 0. The summed E-state index contributed by atoms with van der Waals surface area (Å²) in [5.41, 5.74) is 10.4. The minimum atomic E-state index is -1.03. The number of allylic oxidation sites excluding steroid dienone is 2. The monoisotopic (exact) mass is 873 g/mol. The highest BCUT2D eigenvalue weighted by Gasteiger charge is 2.42. The first-order chi connectivity index (χ1) is 31.8. The van der Waals surface area contributed by atoms with Gasteiger partial charge < -0.3 is 40.4 Å². The van der Waals surface area contributed by atoms with Gasteiger partial charge in [-0.25, -0.2) is 0 Å². The van der Waals surface area contributed by atoms with Gasteiger partial charge in [0.2, 0.25) is 0 Å². The van der Waals surface area contributed by atoms with Gasteiger partial charge in [-0.15, -0.1) is 0 Å². The third-order valence-electron chi connectivity index (χ3n) is 14.9. The molecule has 0 saturated heterocycles. The van der Waals surface area contributed by atoms with Gasteiger partial charge in [-0.1, -0.05) is 60.7 Å². The number of rotatable bonds is 7. The number of aromatic hydroxyl groups is 2. The van der Waals surface area contributed by atoms with E-state index in [1.165, 1.54) is 0 Å². The minimum absolute atomic E-state index is 0.00436. The molecule has 1 fully saturated rings. The summed E-state index contributed by atoms with van der Waals surface area (Å²) < 4.78 is 6.49. The molecule has 3 aromatic carbocycles. The van der Waals surface area contributed by atoms with Crippen molar-refractivity contribution in [1.82, 2.24) is 9.97 Å². The number of H-pyrrole nitrogens is 2. The number of aromatic nitrogens is 2. The number of aromatic amines is 2. The lowest BCUT2D eigenvalue weighted by atomic mass is 9.67. The molecule has 2 aromatic heterocycles. The van der Waals surface area contributed by atoms with Crippen LogP contribution in [-0.2, 0) is 28.9 Å². The standard InChI is InChI=1S/C55H59N3O7/c59-23-20-45-50(62)17-11-34-25-37(53(63)51(28-34)65-39-5-1-2-6-39)24-33-10-14-40-36(31-60)13-16-42(46(40)27-33)44-19-22-57-55(44)58-30-38-29-48-43(18-21-56-48)47(52(38)54(45)64)26-32-8-12-35-4-3-7-49(61)41(35)15-9-32/h3-4,7,9-10,13-16,18-19,21-22,25,27-29,32,36,39,42,45,47,52,56-61,63H,1-2,5-6,8,11-12,17,20,23-24,26,30-31H2. The van der Waals surface area contributed by atoms with E-state index in [9.17, 15) is 25.2 Å². The number of hydrogen-bond acceptors (Lipinski definition) is 8. The largest absolute Gasteiger partial charge is 0.507 e. The number of aliphatic hydroxyl groups excluding tert-OH is 2. The Bertz CT molecular complexity index is 2680. The van der Waals surface area contributed by atoms with Crippen LogP contribution in [0.1, 0.15) is 125 Å². The van der Waals surface area contributed by atoms with Crippen LogP contribution in [0.15, 0.2) is 96.9 Å². The van der Waals surface area contributed by atoms with Crippen molar-refractivity contribution in [1.29, 1.82) is 0 Å². The molecule has 0 amide bonds. The summed E-state index contributed by atoms with van der Waals surface area (Å²) in [6, 6.07) is 20.0. The topological polar surface area (TPSA) is 168 Å². The Morgan fingerprint density at radius 3 is 2.46 bits per heavy atom. The number of ether oxygens (including phenoxy) is 1. The lowest BCUT2D eigenvalue weighted by molar-refractivity contribution is -0.135. The second kappa shape index (κ2) is 18.4. The number of phenolic OH excluding ortho intramolecular Hbond substituents is 2. The van der Waals surface area contributed by atoms with Crippen molar-refractivity contribution in [2.24, 2.45) is 17.8 Å². The van der Waals surface area contributed by atoms with Gasteiger partial charge >= 0.3 is 0 Å². The number of aryl methyl sites for hydroxylation is 2. The highest BCUT2D eigenvalue weighted by Crippen LogP contribution is 2.47. The predicted molar refractivity (Wildman–Crippen MR) is 252 cm³/mol. The van der Waals surface area contributed by atoms with Crippen molar-refractivity contribution in [2.45, 2.75) is 94.5 Å². The SMILES string of the molecule is O=C1CCc2cc(c(O)c(OC3CCCC3)c2)Cc2ccc3c(c2)C(C=CC3CO)c2cc[nH]c2NCC2=Cc3[nH]ccc3C(CC3C=Cc4c(O)cccc4CC3)C2C(=O)C1CCO. The average Bonchev–Trinajstić information content (AvgIpc) is 4.09. The fourth-order valence-corrected chi connectivity index (χ4v) is 11.5. The van der Waals surface area contributed by atoms with E-state index in [4.69, 9.17) is 4.74 Å². The maximum Gasteiger partial charge on any atom is 0.161 e. The zero-order valence-electron chi connectivity index (χ0n) is 36.8. The Balaban J connectivity index is 1.07. The molecule has 4 aliphatic carbocycles. The number of benzene rings is 3. The normalized spacial score (nSPS) is 24.3. The highest BCUT2D eigenvalue weighted by molar-refractivity contribution is 6.05. The molecule has 7 N–H and O–H groups in total. The smallest absolute Gasteiger partial charge is 0.161 e. The number of anilines is 1. The molecule has 336 valence electrons. The van der Waals surface area contributed by atoms with Crippen LogP contribution in [-0.4, -0.2) is 67.8 Å². The summed E-state index contributed by atoms with van der Waals surface area (Å²) >= 11 is 0. The molecule has 10 rings (SSSR count). The summed E-state index contributed by atoms with van der Waals surface area (Å²) in [6.45, 7) is 0.00266. The van der Waals surface area contributed by atoms with Crippen molar-refractivity contribution in [3.05, 3.63) is 153 Å². The number of phenols is 2. The Kier molecular flexibility index (Phi) is 12.1. The van der Waals surface area contributed by atoms with Gasteiger partial charge in [0.15, 0.2) is 17.3 Å². The zero-order valence-corrected chi connectivity index (χ0v) is 36.8. The van der Waals surface area contributed by atoms with Crippen LogP contribution in [0, 0.1) is 17.8 Å². The first-order valence-corrected chi connectivity index (χ1v) is 23.6.